The van der Waals surface area contributed by atoms with E-state index in [0.29, 0.717) is 13.1 Å². The molecule has 1 aromatic rings. The van der Waals surface area contributed by atoms with Crippen molar-refractivity contribution < 1.29 is 8.42 Å². The molecule has 5 nitrogen and oxygen atoms in total. The molecule has 0 saturated carbocycles. The van der Waals surface area contributed by atoms with Gasteiger partial charge in [-0.15, -0.1) is 0 Å². The molecule has 1 N–H and O–H groups in total. The van der Waals surface area contributed by atoms with Crippen molar-refractivity contribution in [3.63, 3.8) is 0 Å². The van der Waals surface area contributed by atoms with Crippen LogP contribution in [0.3, 0.4) is 0 Å². The molecule has 1 rings (SSSR count). The number of aromatic nitrogens is 2. The van der Waals surface area contributed by atoms with E-state index in [2.05, 4.69) is 33.3 Å². The first-order chi connectivity index (χ1) is 8.41. The van der Waals surface area contributed by atoms with Gasteiger partial charge in [0.2, 0.25) is 0 Å². The number of aryl methyl sites for hydroxylation is 2. The molecule has 0 bridgehead atoms. The van der Waals surface area contributed by atoms with Crippen LogP contribution in [0.15, 0.2) is 4.47 Å². The summed E-state index contributed by atoms with van der Waals surface area (Å²) in [5.41, 5.74) is 2.07. The lowest BCUT2D eigenvalue weighted by atomic mass is 10.3. The van der Waals surface area contributed by atoms with E-state index >= 15 is 0 Å². The number of nitrogens with zero attached hydrogens (tertiary/aromatic N) is 2. The van der Waals surface area contributed by atoms with Crippen LogP contribution in [0.5, 0.6) is 0 Å². The maximum absolute atomic E-state index is 11.3. The fraction of sp³-hybridized carbons (Fsp3) is 0.727. The molecule has 1 aromatic heterocycles. The summed E-state index contributed by atoms with van der Waals surface area (Å²) in [5.74, 6) is 0.379. The summed E-state index contributed by atoms with van der Waals surface area (Å²) in [7, 11) is -0.998. The molecular formula is C11H20BrN3O2S. The topological polar surface area (TPSA) is 64.0 Å². The Bertz CT molecular complexity index is 497. The van der Waals surface area contributed by atoms with Crippen molar-refractivity contribution in [3.8, 4) is 0 Å². The van der Waals surface area contributed by atoms with E-state index in [1.807, 2.05) is 11.7 Å². The number of halogens is 1. The van der Waals surface area contributed by atoms with Gasteiger partial charge < -0.3 is 5.32 Å². The third-order valence-corrected chi connectivity index (χ3v) is 5.45. The maximum atomic E-state index is 11.3. The van der Waals surface area contributed by atoms with Crippen LogP contribution in [-0.4, -0.2) is 36.2 Å². The summed E-state index contributed by atoms with van der Waals surface area (Å²) in [4.78, 5) is 0. The summed E-state index contributed by atoms with van der Waals surface area (Å²) in [6.45, 7) is 4.80. The number of hydrogen-bond acceptors (Lipinski definition) is 4. The molecule has 0 unspecified atom stereocenters. The molecule has 0 saturated heterocycles. The first-order valence-corrected chi connectivity index (χ1v) is 8.64. The molecule has 0 aliphatic heterocycles. The van der Waals surface area contributed by atoms with E-state index in [-0.39, 0.29) is 11.5 Å². The number of sulfone groups is 1. The van der Waals surface area contributed by atoms with Crippen LogP contribution < -0.4 is 5.32 Å². The van der Waals surface area contributed by atoms with E-state index in [9.17, 15) is 8.42 Å². The standard InChI is InChI=1S/C11H20BrN3O2S/c1-4-9-11(12)10(15(3)14-9)8-13-6-7-18(16,17)5-2/h13H,4-8H2,1-3H3. The summed E-state index contributed by atoms with van der Waals surface area (Å²) in [6, 6.07) is 0. The molecule has 7 heteroatoms. The molecule has 0 aromatic carbocycles. The Labute approximate surface area is 117 Å². The van der Waals surface area contributed by atoms with Gasteiger partial charge in [0.15, 0.2) is 9.84 Å². The van der Waals surface area contributed by atoms with E-state index in [4.69, 9.17) is 0 Å². The molecule has 18 heavy (non-hydrogen) atoms. The highest BCUT2D eigenvalue weighted by molar-refractivity contribution is 9.10. The zero-order valence-corrected chi connectivity index (χ0v) is 13.4. The predicted molar refractivity (Wildman–Crippen MR) is 76.3 cm³/mol. The Morgan fingerprint density at radius 1 is 1.39 bits per heavy atom. The van der Waals surface area contributed by atoms with E-state index in [0.717, 1.165) is 22.3 Å². The quantitative estimate of drug-likeness (QED) is 0.761. The third-order valence-electron chi connectivity index (χ3n) is 2.83. The van der Waals surface area contributed by atoms with Crippen LogP contribution in [0, 0.1) is 0 Å². The van der Waals surface area contributed by atoms with Crippen LogP contribution in [0.1, 0.15) is 25.2 Å². The van der Waals surface area contributed by atoms with Crippen LogP contribution in [0.2, 0.25) is 0 Å². The van der Waals surface area contributed by atoms with Crippen LogP contribution in [-0.2, 0) is 29.9 Å². The van der Waals surface area contributed by atoms with Gasteiger partial charge in [-0.25, -0.2) is 8.42 Å². The molecule has 0 spiro atoms. The smallest absolute Gasteiger partial charge is 0.151 e. The molecular weight excluding hydrogens is 318 g/mol. The fourth-order valence-corrected chi connectivity index (χ4v) is 3.09. The molecule has 0 fully saturated rings. The average molecular weight is 338 g/mol. The van der Waals surface area contributed by atoms with Gasteiger partial charge in [0.05, 0.1) is 21.6 Å². The Hall–Kier alpha value is -0.400. The Balaban J connectivity index is 2.52. The summed E-state index contributed by atoms with van der Waals surface area (Å²) in [6.07, 6.45) is 0.874. The van der Waals surface area contributed by atoms with Crippen molar-refractivity contribution in [2.24, 2.45) is 7.05 Å². The highest BCUT2D eigenvalue weighted by Crippen LogP contribution is 2.21. The van der Waals surface area contributed by atoms with Crippen LogP contribution in [0.4, 0.5) is 0 Å². The lowest BCUT2D eigenvalue weighted by molar-refractivity contribution is 0.588. The van der Waals surface area contributed by atoms with E-state index in [1.54, 1.807) is 6.92 Å². The minimum Gasteiger partial charge on any atom is -0.310 e. The van der Waals surface area contributed by atoms with Gasteiger partial charge in [-0.05, 0) is 22.4 Å². The number of rotatable bonds is 7. The Morgan fingerprint density at radius 2 is 2.06 bits per heavy atom. The first kappa shape index (κ1) is 15.7. The van der Waals surface area contributed by atoms with Crippen molar-refractivity contribution in [2.45, 2.75) is 26.8 Å². The first-order valence-electron chi connectivity index (χ1n) is 6.02. The van der Waals surface area contributed by atoms with Gasteiger partial charge in [0.1, 0.15) is 0 Å². The predicted octanol–water partition coefficient (Wildman–Crippen LogP) is 1.27. The number of nitrogens with one attached hydrogen (secondary N) is 1. The second-order valence-electron chi connectivity index (χ2n) is 4.10. The average Bonchev–Trinajstić information content (AvgIpc) is 2.61. The van der Waals surface area contributed by atoms with Gasteiger partial charge in [0, 0.05) is 25.9 Å². The zero-order valence-electron chi connectivity index (χ0n) is 11.0. The molecule has 104 valence electrons. The van der Waals surface area contributed by atoms with Crippen molar-refractivity contribution in [3.05, 3.63) is 15.9 Å². The summed E-state index contributed by atoms with van der Waals surface area (Å²) in [5, 5.41) is 7.53. The van der Waals surface area contributed by atoms with Crippen LogP contribution in [0.25, 0.3) is 0 Å². The van der Waals surface area contributed by atoms with Crippen molar-refractivity contribution in [2.75, 3.05) is 18.1 Å². The highest BCUT2D eigenvalue weighted by atomic mass is 79.9. The third kappa shape index (κ3) is 4.07. The molecule has 0 atom stereocenters. The van der Waals surface area contributed by atoms with Crippen molar-refractivity contribution in [1.29, 1.82) is 0 Å². The minimum atomic E-state index is -2.89. The SMILES string of the molecule is CCc1nn(C)c(CNCCS(=O)(=O)CC)c1Br. The highest BCUT2D eigenvalue weighted by Gasteiger charge is 2.12. The van der Waals surface area contributed by atoms with Gasteiger partial charge in [0.25, 0.3) is 0 Å². The molecule has 0 amide bonds. The Morgan fingerprint density at radius 3 is 2.56 bits per heavy atom. The van der Waals surface area contributed by atoms with E-state index < -0.39 is 9.84 Å². The molecule has 1 heterocycles. The van der Waals surface area contributed by atoms with Gasteiger partial charge in [-0.2, -0.15) is 5.10 Å². The van der Waals surface area contributed by atoms with Crippen molar-refractivity contribution >= 4 is 25.8 Å². The number of hydrogen-bond donors (Lipinski definition) is 1. The van der Waals surface area contributed by atoms with Crippen molar-refractivity contribution in [1.82, 2.24) is 15.1 Å². The summed E-state index contributed by atoms with van der Waals surface area (Å²) >= 11 is 3.53. The van der Waals surface area contributed by atoms with Gasteiger partial charge in [-0.1, -0.05) is 13.8 Å². The largest absolute Gasteiger partial charge is 0.310 e. The van der Waals surface area contributed by atoms with Gasteiger partial charge in [-0.3, -0.25) is 4.68 Å². The summed E-state index contributed by atoms with van der Waals surface area (Å²) < 4.78 is 25.5. The van der Waals surface area contributed by atoms with Gasteiger partial charge >= 0.3 is 0 Å². The molecule has 0 aliphatic rings. The van der Waals surface area contributed by atoms with Crippen LogP contribution >= 0.6 is 15.9 Å². The monoisotopic (exact) mass is 337 g/mol. The normalized spacial score (nSPS) is 12.0. The minimum absolute atomic E-state index is 0.180. The molecule has 0 radical (unpaired) electrons. The zero-order chi connectivity index (χ0) is 13.8. The second-order valence-corrected chi connectivity index (χ2v) is 7.36. The Kier molecular flexibility index (Phi) is 5.81. The lowest BCUT2D eigenvalue weighted by Crippen LogP contribution is -2.24. The lowest BCUT2D eigenvalue weighted by Gasteiger charge is -2.06. The maximum Gasteiger partial charge on any atom is 0.151 e. The molecule has 0 aliphatic carbocycles. The van der Waals surface area contributed by atoms with E-state index in [1.165, 1.54) is 0 Å². The second kappa shape index (κ2) is 6.68. The fourth-order valence-electron chi connectivity index (χ4n) is 1.59.